The molecule has 1 aliphatic rings. The van der Waals surface area contributed by atoms with E-state index in [2.05, 4.69) is 25.9 Å². The zero-order chi connectivity index (χ0) is 7.82. The van der Waals surface area contributed by atoms with Crippen molar-refractivity contribution in [2.24, 2.45) is 0 Å². The van der Waals surface area contributed by atoms with Gasteiger partial charge in [0.1, 0.15) is 0 Å². The number of likely N-dealkylation sites (tertiary alicyclic amines) is 1. The Morgan fingerprint density at radius 2 is 1.80 bits per heavy atom. The van der Waals surface area contributed by atoms with Crippen molar-refractivity contribution in [3.8, 4) is 0 Å². The monoisotopic (exact) mass is 163 g/mol. The molecule has 62 valence electrons. The average molecular weight is 163 g/mol. The van der Waals surface area contributed by atoms with E-state index >= 15 is 0 Å². The first kappa shape index (κ1) is 10.3. The molecule has 1 saturated heterocycles. The second kappa shape index (κ2) is 7.46. The fourth-order valence-corrected chi connectivity index (χ4v) is 0.875. The van der Waals surface area contributed by atoms with Gasteiger partial charge in [-0.1, -0.05) is 0 Å². The van der Waals surface area contributed by atoms with Crippen molar-refractivity contribution in [1.82, 2.24) is 4.90 Å². The molecule has 0 aromatic carbocycles. The van der Waals surface area contributed by atoms with Gasteiger partial charge in [-0.15, -0.1) is 0 Å². The molecule has 1 aliphatic heterocycles. The molecule has 0 bridgehead atoms. The molecule has 0 spiro atoms. The Kier molecular flexibility index (Phi) is 7.72. The van der Waals surface area contributed by atoms with Crippen LogP contribution < -0.4 is 0 Å². The molecule has 1 heterocycles. The van der Waals surface area contributed by atoms with Crippen LogP contribution in [0.15, 0.2) is 0 Å². The average Bonchev–Trinajstić information content (AvgIpc) is 2.40. The van der Waals surface area contributed by atoms with Crippen LogP contribution in [0.3, 0.4) is 0 Å². The van der Waals surface area contributed by atoms with Crippen molar-refractivity contribution < 1.29 is 4.52 Å². The molecule has 10 heavy (non-hydrogen) atoms. The van der Waals surface area contributed by atoms with Gasteiger partial charge >= 0.3 is 0 Å². The van der Waals surface area contributed by atoms with Crippen molar-refractivity contribution in [3.05, 3.63) is 0 Å². The van der Waals surface area contributed by atoms with E-state index in [1.807, 2.05) is 6.92 Å². The maximum Gasteiger partial charge on any atom is 0.0473 e. The molecule has 1 fully saturated rings. The van der Waals surface area contributed by atoms with E-state index in [1.54, 1.807) is 0 Å². The first-order chi connectivity index (χ1) is 4.81. The zero-order valence-corrected chi connectivity index (χ0v) is 8.12. The van der Waals surface area contributed by atoms with E-state index in [-0.39, 0.29) is 0 Å². The molecular weight excluding hydrogens is 145 g/mol. The summed E-state index contributed by atoms with van der Waals surface area (Å²) < 4.78 is 4.46. The highest BCUT2D eigenvalue weighted by molar-refractivity contribution is 7.09. The standard InChI is InChI=1S/C5H11N.C2H7OP/c1-6-4-2-3-5-6;1-2-3-4/h2-5H2,1H3;2,4H2,1H3. The quantitative estimate of drug-likeness (QED) is 0.543. The summed E-state index contributed by atoms with van der Waals surface area (Å²) in [6, 6.07) is 0. The molecular formula is C7H18NOP. The lowest BCUT2D eigenvalue weighted by Crippen LogP contribution is -2.10. The first-order valence-corrected chi connectivity index (χ1v) is 4.28. The van der Waals surface area contributed by atoms with E-state index in [4.69, 9.17) is 0 Å². The lowest BCUT2D eigenvalue weighted by atomic mass is 10.4. The van der Waals surface area contributed by atoms with E-state index < -0.39 is 0 Å². The minimum absolute atomic E-state index is 0.782. The van der Waals surface area contributed by atoms with Crippen LogP contribution in [0.5, 0.6) is 0 Å². The molecule has 0 saturated carbocycles. The third-order valence-electron chi connectivity index (χ3n) is 1.50. The first-order valence-electron chi connectivity index (χ1n) is 3.81. The number of nitrogens with zero attached hydrogens (tertiary/aromatic N) is 1. The molecule has 0 radical (unpaired) electrons. The summed E-state index contributed by atoms with van der Waals surface area (Å²) in [4.78, 5) is 2.36. The summed E-state index contributed by atoms with van der Waals surface area (Å²) >= 11 is 0. The summed E-state index contributed by atoms with van der Waals surface area (Å²) in [6.07, 6.45) is 2.83. The fraction of sp³-hybridized carbons (Fsp3) is 1.00. The fourth-order valence-electron chi connectivity index (χ4n) is 0.875. The van der Waals surface area contributed by atoms with Crippen molar-refractivity contribution in [1.29, 1.82) is 0 Å². The van der Waals surface area contributed by atoms with Gasteiger partial charge in [-0.3, -0.25) is 0 Å². The van der Waals surface area contributed by atoms with Crippen LogP contribution in [0.1, 0.15) is 19.8 Å². The van der Waals surface area contributed by atoms with E-state index in [1.165, 1.54) is 25.9 Å². The molecule has 0 amide bonds. The summed E-state index contributed by atoms with van der Waals surface area (Å²) in [5, 5.41) is 0. The summed E-state index contributed by atoms with van der Waals surface area (Å²) in [5.41, 5.74) is 0. The van der Waals surface area contributed by atoms with Crippen LogP contribution in [0.25, 0.3) is 0 Å². The van der Waals surface area contributed by atoms with E-state index in [9.17, 15) is 0 Å². The predicted molar refractivity (Wildman–Crippen MR) is 48.1 cm³/mol. The third-order valence-corrected chi connectivity index (χ3v) is 1.83. The maximum atomic E-state index is 4.46. The van der Waals surface area contributed by atoms with Crippen molar-refractivity contribution in [2.45, 2.75) is 19.8 Å². The van der Waals surface area contributed by atoms with Gasteiger partial charge < -0.3 is 9.42 Å². The van der Waals surface area contributed by atoms with Gasteiger partial charge in [-0.05, 0) is 39.9 Å². The predicted octanol–water partition coefficient (Wildman–Crippen LogP) is 1.52. The van der Waals surface area contributed by atoms with Crippen molar-refractivity contribution in [3.63, 3.8) is 0 Å². The van der Waals surface area contributed by atoms with Gasteiger partial charge in [-0.25, -0.2) is 0 Å². The normalized spacial score (nSPS) is 18.3. The van der Waals surface area contributed by atoms with Crippen LogP contribution in [0.2, 0.25) is 0 Å². The Bertz CT molecular complexity index is 62.6. The molecule has 0 aromatic heterocycles. The molecule has 1 atom stereocenters. The van der Waals surface area contributed by atoms with E-state index in [0.29, 0.717) is 0 Å². The second-order valence-electron chi connectivity index (χ2n) is 2.47. The summed E-state index contributed by atoms with van der Waals surface area (Å²) in [5.74, 6) is 0. The molecule has 0 N–H and O–H groups in total. The van der Waals surface area contributed by atoms with Crippen molar-refractivity contribution >= 4 is 9.47 Å². The molecule has 0 aliphatic carbocycles. The van der Waals surface area contributed by atoms with Crippen LogP contribution in [-0.2, 0) is 4.52 Å². The minimum atomic E-state index is 0.782. The summed E-state index contributed by atoms with van der Waals surface area (Å²) in [6.45, 7) is 5.36. The maximum absolute atomic E-state index is 4.46. The second-order valence-corrected chi connectivity index (χ2v) is 2.80. The Balaban J connectivity index is 0.000000180. The third kappa shape index (κ3) is 6.47. The zero-order valence-electron chi connectivity index (χ0n) is 6.97. The van der Waals surface area contributed by atoms with Gasteiger partial charge in [0.2, 0.25) is 0 Å². The molecule has 3 heteroatoms. The molecule has 2 nitrogen and oxygen atoms in total. The highest BCUT2D eigenvalue weighted by Gasteiger charge is 2.03. The minimum Gasteiger partial charge on any atom is -0.366 e. The lowest BCUT2D eigenvalue weighted by molar-refractivity contribution is 0.400. The topological polar surface area (TPSA) is 12.5 Å². The van der Waals surface area contributed by atoms with Gasteiger partial charge in [0.15, 0.2) is 0 Å². The van der Waals surface area contributed by atoms with Crippen LogP contribution in [0.4, 0.5) is 0 Å². The van der Waals surface area contributed by atoms with Crippen LogP contribution in [-0.4, -0.2) is 31.6 Å². The molecule has 1 rings (SSSR count). The largest absolute Gasteiger partial charge is 0.366 e. The van der Waals surface area contributed by atoms with Gasteiger partial charge in [0, 0.05) is 16.1 Å². The Morgan fingerprint density at radius 1 is 1.40 bits per heavy atom. The highest BCUT2D eigenvalue weighted by Crippen LogP contribution is 2.01. The highest BCUT2D eigenvalue weighted by atomic mass is 31.0. The SMILES string of the molecule is CCOP.CN1CCCC1. The number of rotatable bonds is 1. The van der Waals surface area contributed by atoms with Crippen molar-refractivity contribution in [2.75, 3.05) is 26.7 Å². The molecule has 0 aromatic rings. The smallest absolute Gasteiger partial charge is 0.0473 e. The summed E-state index contributed by atoms with van der Waals surface area (Å²) in [7, 11) is 4.33. The lowest BCUT2D eigenvalue weighted by Gasteiger charge is -2.01. The van der Waals surface area contributed by atoms with E-state index in [0.717, 1.165) is 6.61 Å². The number of hydrogen-bond donors (Lipinski definition) is 0. The Morgan fingerprint density at radius 3 is 1.90 bits per heavy atom. The van der Waals surface area contributed by atoms with Gasteiger partial charge in [0.25, 0.3) is 0 Å². The Hall–Kier alpha value is 0.350. The number of hydrogen-bond acceptors (Lipinski definition) is 2. The van der Waals surface area contributed by atoms with Gasteiger partial charge in [0.05, 0.1) is 0 Å². The molecule has 1 unspecified atom stereocenters. The Labute approximate surface area is 66.2 Å². The van der Waals surface area contributed by atoms with Gasteiger partial charge in [-0.2, -0.15) is 0 Å². The van der Waals surface area contributed by atoms with Crippen LogP contribution >= 0.6 is 9.47 Å². The van der Waals surface area contributed by atoms with Crippen LogP contribution in [0, 0.1) is 0 Å².